The van der Waals surface area contributed by atoms with Crippen LogP contribution in [0.15, 0.2) is 43.1 Å². The fraction of sp³-hybridized carbons (Fsp3) is 0. The molecule has 0 radical (unpaired) electrons. The van der Waals surface area contributed by atoms with Gasteiger partial charge >= 0.3 is 0 Å². The van der Waals surface area contributed by atoms with E-state index < -0.39 is 0 Å². The second-order valence-electron chi connectivity index (χ2n) is 2.94. The molecular weight excluding hydrogens is 179 g/mol. The first kappa shape index (κ1) is 8.69. The number of aromatic nitrogens is 2. The third-order valence-electron chi connectivity index (χ3n) is 2.00. The lowest BCUT2D eigenvalue weighted by atomic mass is 10.1. The zero-order valence-corrected chi connectivity index (χ0v) is 7.50. The molecule has 0 saturated heterocycles. The van der Waals surface area contributed by atoms with Gasteiger partial charge in [-0.25, -0.2) is 4.39 Å². The summed E-state index contributed by atoms with van der Waals surface area (Å²) in [6.45, 7) is 3.89. The topological polar surface area (TPSA) is 28.7 Å². The van der Waals surface area contributed by atoms with E-state index in [4.69, 9.17) is 0 Å². The summed E-state index contributed by atoms with van der Waals surface area (Å²) in [6, 6.07) is 8.02. The lowest BCUT2D eigenvalue weighted by Gasteiger charge is -2.01. The van der Waals surface area contributed by atoms with Gasteiger partial charge in [-0.15, -0.1) is 0 Å². The van der Waals surface area contributed by atoms with Gasteiger partial charge in [-0.3, -0.25) is 5.10 Å². The van der Waals surface area contributed by atoms with Crippen molar-refractivity contribution >= 4 is 5.57 Å². The third-order valence-corrected chi connectivity index (χ3v) is 2.00. The molecule has 0 fully saturated rings. The molecule has 2 aromatic rings. The van der Waals surface area contributed by atoms with Crippen molar-refractivity contribution < 1.29 is 4.39 Å². The number of aromatic amines is 1. The highest BCUT2D eigenvalue weighted by Gasteiger charge is 2.03. The summed E-state index contributed by atoms with van der Waals surface area (Å²) in [5.41, 5.74) is 2.43. The van der Waals surface area contributed by atoms with Gasteiger partial charge in [0.2, 0.25) is 0 Å². The molecule has 0 aliphatic carbocycles. The minimum absolute atomic E-state index is 0.247. The summed E-state index contributed by atoms with van der Waals surface area (Å²) in [7, 11) is 0. The average molecular weight is 188 g/mol. The molecule has 70 valence electrons. The Labute approximate surface area is 81.1 Å². The van der Waals surface area contributed by atoms with E-state index in [1.165, 1.54) is 12.1 Å². The molecule has 2 nitrogen and oxygen atoms in total. The standard InChI is InChI=1S/C11H9FN2/c1-8(11-6-7-13-14-11)9-2-4-10(12)5-3-9/h2-7H,1H2,(H,13,14). The molecule has 2 rings (SSSR count). The van der Waals surface area contributed by atoms with Crippen LogP contribution in [-0.4, -0.2) is 10.2 Å². The van der Waals surface area contributed by atoms with Crippen LogP contribution in [0.2, 0.25) is 0 Å². The molecule has 0 saturated carbocycles. The molecule has 0 aliphatic heterocycles. The number of hydrogen-bond donors (Lipinski definition) is 1. The van der Waals surface area contributed by atoms with Crippen LogP contribution >= 0.6 is 0 Å². The number of hydrogen-bond acceptors (Lipinski definition) is 1. The van der Waals surface area contributed by atoms with Gasteiger partial charge in [0.05, 0.1) is 5.69 Å². The highest BCUT2D eigenvalue weighted by Crippen LogP contribution is 2.19. The first-order chi connectivity index (χ1) is 6.77. The first-order valence-electron chi connectivity index (χ1n) is 4.22. The van der Waals surface area contributed by atoms with E-state index in [1.54, 1.807) is 18.3 Å². The maximum Gasteiger partial charge on any atom is 0.123 e. The Kier molecular flexibility index (Phi) is 2.14. The van der Waals surface area contributed by atoms with Crippen LogP contribution in [0.25, 0.3) is 5.57 Å². The number of rotatable bonds is 2. The van der Waals surface area contributed by atoms with E-state index >= 15 is 0 Å². The smallest absolute Gasteiger partial charge is 0.123 e. The maximum atomic E-state index is 12.6. The normalized spacial score (nSPS) is 10.1. The Morgan fingerprint density at radius 2 is 1.93 bits per heavy atom. The molecule has 1 heterocycles. The van der Waals surface area contributed by atoms with E-state index in [0.717, 1.165) is 16.8 Å². The van der Waals surface area contributed by atoms with Gasteiger partial charge in [-0.1, -0.05) is 18.7 Å². The number of H-pyrrole nitrogens is 1. The van der Waals surface area contributed by atoms with Crippen LogP contribution in [0, 0.1) is 5.82 Å². The molecule has 0 aliphatic rings. The highest BCUT2D eigenvalue weighted by atomic mass is 19.1. The molecule has 1 aromatic heterocycles. The van der Waals surface area contributed by atoms with Gasteiger partial charge < -0.3 is 0 Å². The van der Waals surface area contributed by atoms with E-state index in [2.05, 4.69) is 16.8 Å². The van der Waals surface area contributed by atoms with Crippen molar-refractivity contribution in [3.05, 3.63) is 60.2 Å². The monoisotopic (exact) mass is 188 g/mol. The molecule has 0 unspecified atom stereocenters. The van der Waals surface area contributed by atoms with E-state index in [1.807, 2.05) is 6.07 Å². The first-order valence-corrected chi connectivity index (χ1v) is 4.22. The summed E-state index contributed by atoms with van der Waals surface area (Å²) in [4.78, 5) is 0. The van der Waals surface area contributed by atoms with Crippen molar-refractivity contribution in [3.63, 3.8) is 0 Å². The molecule has 0 spiro atoms. The van der Waals surface area contributed by atoms with Crippen molar-refractivity contribution in [2.45, 2.75) is 0 Å². The Balaban J connectivity index is 2.33. The maximum absolute atomic E-state index is 12.6. The zero-order chi connectivity index (χ0) is 9.97. The number of nitrogens with one attached hydrogen (secondary N) is 1. The van der Waals surface area contributed by atoms with Gasteiger partial charge in [0.1, 0.15) is 5.82 Å². The second kappa shape index (κ2) is 3.46. The number of halogens is 1. The van der Waals surface area contributed by atoms with Crippen LogP contribution in [-0.2, 0) is 0 Å². The summed E-state index contributed by atoms with van der Waals surface area (Å²) in [5.74, 6) is -0.247. The molecule has 0 amide bonds. The zero-order valence-electron chi connectivity index (χ0n) is 7.50. The van der Waals surface area contributed by atoms with Crippen molar-refractivity contribution in [3.8, 4) is 0 Å². The Morgan fingerprint density at radius 1 is 1.21 bits per heavy atom. The average Bonchev–Trinajstić information content (AvgIpc) is 2.71. The lowest BCUT2D eigenvalue weighted by Crippen LogP contribution is -1.86. The van der Waals surface area contributed by atoms with Crippen LogP contribution < -0.4 is 0 Å². The van der Waals surface area contributed by atoms with Crippen molar-refractivity contribution in [1.82, 2.24) is 10.2 Å². The summed E-state index contributed by atoms with van der Waals surface area (Å²) in [6.07, 6.45) is 1.73. The largest absolute Gasteiger partial charge is 0.285 e. The van der Waals surface area contributed by atoms with Gasteiger partial charge in [-0.05, 0) is 23.8 Å². The summed E-state index contributed by atoms with van der Waals surface area (Å²) in [5, 5.41) is 6.70. The van der Waals surface area contributed by atoms with Gasteiger partial charge in [0.25, 0.3) is 0 Å². The lowest BCUT2D eigenvalue weighted by molar-refractivity contribution is 0.627. The van der Waals surface area contributed by atoms with E-state index in [0.29, 0.717) is 0 Å². The molecule has 1 N–H and O–H groups in total. The molecule has 0 bridgehead atoms. The Morgan fingerprint density at radius 3 is 2.50 bits per heavy atom. The van der Waals surface area contributed by atoms with Gasteiger partial charge in [0.15, 0.2) is 0 Å². The van der Waals surface area contributed by atoms with Crippen LogP contribution in [0.5, 0.6) is 0 Å². The second-order valence-corrected chi connectivity index (χ2v) is 2.94. The van der Waals surface area contributed by atoms with Gasteiger partial charge in [0, 0.05) is 11.8 Å². The molecule has 0 atom stereocenters. The Bertz CT molecular complexity index is 429. The SMILES string of the molecule is C=C(c1ccc(F)cc1)c1cc[nH]n1. The van der Waals surface area contributed by atoms with Gasteiger partial charge in [-0.2, -0.15) is 5.10 Å². The van der Waals surface area contributed by atoms with Crippen LogP contribution in [0.1, 0.15) is 11.3 Å². The fourth-order valence-corrected chi connectivity index (χ4v) is 1.23. The predicted molar refractivity (Wildman–Crippen MR) is 53.1 cm³/mol. The van der Waals surface area contributed by atoms with Crippen LogP contribution in [0.3, 0.4) is 0 Å². The molecular formula is C11H9FN2. The molecule has 3 heteroatoms. The predicted octanol–water partition coefficient (Wildman–Crippen LogP) is 2.61. The highest BCUT2D eigenvalue weighted by molar-refractivity contribution is 5.75. The Hall–Kier alpha value is -1.90. The minimum atomic E-state index is -0.247. The van der Waals surface area contributed by atoms with Crippen molar-refractivity contribution in [1.29, 1.82) is 0 Å². The van der Waals surface area contributed by atoms with E-state index in [9.17, 15) is 4.39 Å². The molecule has 14 heavy (non-hydrogen) atoms. The minimum Gasteiger partial charge on any atom is -0.285 e. The number of nitrogens with zero attached hydrogens (tertiary/aromatic N) is 1. The fourth-order valence-electron chi connectivity index (χ4n) is 1.23. The van der Waals surface area contributed by atoms with Crippen molar-refractivity contribution in [2.24, 2.45) is 0 Å². The van der Waals surface area contributed by atoms with Crippen LogP contribution in [0.4, 0.5) is 4.39 Å². The summed E-state index contributed by atoms with van der Waals surface area (Å²) < 4.78 is 12.6. The van der Waals surface area contributed by atoms with Crippen molar-refractivity contribution in [2.75, 3.05) is 0 Å². The quantitative estimate of drug-likeness (QED) is 0.771. The number of benzene rings is 1. The summed E-state index contributed by atoms with van der Waals surface area (Å²) >= 11 is 0. The molecule has 1 aromatic carbocycles. The van der Waals surface area contributed by atoms with E-state index in [-0.39, 0.29) is 5.82 Å². The third kappa shape index (κ3) is 1.57.